The number of rotatable bonds is 2. The van der Waals surface area contributed by atoms with E-state index in [0.29, 0.717) is 17.8 Å². The van der Waals surface area contributed by atoms with Gasteiger partial charge in [-0.2, -0.15) is 0 Å². The van der Waals surface area contributed by atoms with Crippen molar-refractivity contribution in [1.29, 1.82) is 0 Å². The Morgan fingerprint density at radius 2 is 1.48 bits per heavy atom. The van der Waals surface area contributed by atoms with Crippen LogP contribution < -0.4 is 15.5 Å². The van der Waals surface area contributed by atoms with Gasteiger partial charge in [0.05, 0.1) is 17.8 Å². The molecule has 0 saturated heterocycles. The second-order valence-electron chi connectivity index (χ2n) is 7.92. The molecule has 0 aromatic heterocycles. The van der Waals surface area contributed by atoms with Crippen LogP contribution in [0.4, 0.5) is 11.4 Å². The maximum absolute atomic E-state index is 13.9. The quantitative estimate of drug-likeness (QED) is 0.520. The highest BCUT2D eigenvalue weighted by molar-refractivity contribution is 6.15. The third-order valence-electron chi connectivity index (χ3n) is 6.17. The number of hydrogen-bond acceptors (Lipinski definition) is 3. The number of anilines is 2. The van der Waals surface area contributed by atoms with E-state index in [9.17, 15) is 9.59 Å². The molecule has 5 nitrogen and oxygen atoms in total. The molecule has 4 aromatic rings. The summed E-state index contributed by atoms with van der Waals surface area (Å²) in [5.74, 6) is -0.450. The third kappa shape index (κ3) is 2.50. The van der Waals surface area contributed by atoms with Crippen molar-refractivity contribution in [3.05, 3.63) is 108 Å². The van der Waals surface area contributed by atoms with Gasteiger partial charge in [0.1, 0.15) is 0 Å². The van der Waals surface area contributed by atoms with Crippen LogP contribution in [-0.4, -0.2) is 11.8 Å². The minimum absolute atomic E-state index is 0.190. The molecule has 2 aliphatic rings. The minimum Gasteiger partial charge on any atom is -0.350 e. The van der Waals surface area contributed by atoms with Crippen LogP contribution in [0, 0.1) is 0 Å². The van der Waals surface area contributed by atoms with E-state index in [1.807, 2.05) is 66.7 Å². The van der Waals surface area contributed by atoms with Crippen molar-refractivity contribution in [2.75, 3.05) is 10.2 Å². The Labute approximate surface area is 179 Å². The molecular weight excluding hydrogens is 386 g/mol. The summed E-state index contributed by atoms with van der Waals surface area (Å²) >= 11 is 0. The molecule has 2 N–H and O–H groups in total. The monoisotopic (exact) mass is 405 g/mol. The molecule has 2 heterocycles. The van der Waals surface area contributed by atoms with Crippen molar-refractivity contribution in [1.82, 2.24) is 5.32 Å². The maximum Gasteiger partial charge on any atom is 0.278 e. The van der Waals surface area contributed by atoms with Gasteiger partial charge in [-0.3, -0.25) is 9.59 Å². The summed E-state index contributed by atoms with van der Waals surface area (Å²) in [5.41, 5.74) is 2.48. The predicted octanol–water partition coefficient (Wildman–Crippen LogP) is 4.39. The van der Waals surface area contributed by atoms with E-state index in [1.54, 1.807) is 11.0 Å². The lowest BCUT2D eigenvalue weighted by Crippen LogP contribution is -2.60. The Morgan fingerprint density at radius 1 is 0.742 bits per heavy atom. The average molecular weight is 405 g/mol. The van der Waals surface area contributed by atoms with Crippen LogP contribution in [0.1, 0.15) is 21.5 Å². The van der Waals surface area contributed by atoms with E-state index in [4.69, 9.17) is 0 Å². The van der Waals surface area contributed by atoms with Gasteiger partial charge in [-0.15, -0.1) is 0 Å². The summed E-state index contributed by atoms with van der Waals surface area (Å²) < 4.78 is 0. The molecule has 0 saturated carbocycles. The van der Waals surface area contributed by atoms with Gasteiger partial charge >= 0.3 is 0 Å². The highest BCUT2D eigenvalue weighted by atomic mass is 16.2. The Kier molecular flexibility index (Phi) is 3.68. The summed E-state index contributed by atoms with van der Waals surface area (Å²) in [6, 6.07) is 29.2. The van der Waals surface area contributed by atoms with Crippen LogP contribution in [0.15, 0.2) is 91.0 Å². The molecule has 4 aromatic carbocycles. The first-order chi connectivity index (χ1) is 15.2. The zero-order chi connectivity index (χ0) is 21.0. The lowest BCUT2D eigenvalue weighted by atomic mass is 9.96. The van der Waals surface area contributed by atoms with E-state index in [2.05, 4.69) is 28.8 Å². The van der Waals surface area contributed by atoms with Crippen LogP contribution in [-0.2, 0) is 17.0 Å². The predicted molar refractivity (Wildman–Crippen MR) is 121 cm³/mol. The van der Waals surface area contributed by atoms with E-state index >= 15 is 0 Å². The fourth-order valence-corrected chi connectivity index (χ4v) is 4.71. The SMILES string of the molecule is O=C1N[C@@]2(Nc3ccccc31)C(=O)N(Cc1cccc3ccccc13)c1ccccc12. The smallest absolute Gasteiger partial charge is 0.278 e. The van der Waals surface area contributed by atoms with Crippen molar-refractivity contribution in [3.63, 3.8) is 0 Å². The van der Waals surface area contributed by atoms with Crippen LogP contribution in [0.3, 0.4) is 0 Å². The first-order valence-electron chi connectivity index (χ1n) is 10.3. The van der Waals surface area contributed by atoms with Gasteiger partial charge in [0, 0.05) is 11.3 Å². The van der Waals surface area contributed by atoms with Crippen molar-refractivity contribution >= 4 is 34.0 Å². The molecule has 0 bridgehead atoms. The zero-order valence-corrected chi connectivity index (χ0v) is 16.6. The molecule has 0 unspecified atom stereocenters. The van der Waals surface area contributed by atoms with Crippen molar-refractivity contribution < 1.29 is 9.59 Å². The van der Waals surface area contributed by atoms with E-state index in [0.717, 1.165) is 27.6 Å². The van der Waals surface area contributed by atoms with Crippen molar-refractivity contribution in [2.24, 2.45) is 0 Å². The second kappa shape index (κ2) is 6.44. The fourth-order valence-electron chi connectivity index (χ4n) is 4.71. The number of carbonyl (C=O) groups excluding carboxylic acids is 2. The zero-order valence-electron chi connectivity index (χ0n) is 16.6. The topological polar surface area (TPSA) is 61.4 Å². The Balaban J connectivity index is 1.48. The van der Waals surface area contributed by atoms with Crippen LogP contribution >= 0.6 is 0 Å². The molecule has 0 radical (unpaired) electrons. The van der Waals surface area contributed by atoms with Gasteiger partial charge in [-0.05, 0) is 34.5 Å². The average Bonchev–Trinajstić information content (AvgIpc) is 3.02. The molecular formula is C26H19N3O2. The molecule has 1 atom stereocenters. The molecule has 6 rings (SSSR count). The minimum atomic E-state index is -1.31. The van der Waals surface area contributed by atoms with E-state index in [-0.39, 0.29) is 11.8 Å². The summed E-state index contributed by atoms with van der Waals surface area (Å²) in [4.78, 5) is 28.6. The number of hydrogen-bond donors (Lipinski definition) is 2. The standard InChI is InChI=1S/C26H19N3O2/c30-24-20-12-3-5-14-22(20)27-26(28-24)21-13-4-6-15-23(21)29(25(26)31)16-18-10-7-9-17-8-1-2-11-19(17)18/h1-15,27H,16H2,(H,28,30)/t26-/m1/s1. The summed E-state index contributed by atoms with van der Waals surface area (Å²) in [5, 5.41) is 8.55. The number of nitrogens with zero attached hydrogens (tertiary/aromatic N) is 1. The van der Waals surface area contributed by atoms with Crippen molar-refractivity contribution in [2.45, 2.75) is 12.2 Å². The normalized spacial score (nSPS) is 19.2. The number of amides is 2. The third-order valence-corrected chi connectivity index (χ3v) is 6.17. The van der Waals surface area contributed by atoms with Gasteiger partial charge in [0.25, 0.3) is 11.8 Å². The molecule has 31 heavy (non-hydrogen) atoms. The number of fused-ring (bicyclic) bond motifs is 4. The number of nitrogens with one attached hydrogen (secondary N) is 2. The van der Waals surface area contributed by atoms with Crippen LogP contribution in [0.2, 0.25) is 0 Å². The molecule has 2 aliphatic heterocycles. The Morgan fingerprint density at radius 3 is 2.42 bits per heavy atom. The van der Waals surface area contributed by atoms with Crippen molar-refractivity contribution in [3.8, 4) is 0 Å². The van der Waals surface area contributed by atoms with E-state index in [1.165, 1.54) is 0 Å². The summed E-state index contributed by atoms with van der Waals surface area (Å²) in [6.45, 7) is 0.415. The highest BCUT2D eigenvalue weighted by Gasteiger charge is 2.54. The molecule has 0 aliphatic carbocycles. The number of para-hydroxylation sites is 2. The van der Waals surface area contributed by atoms with E-state index < -0.39 is 5.66 Å². The molecule has 150 valence electrons. The summed E-state index contributed by atoms with van der Waals surface area (Å²) in [6.07, 6.45) is 0. The second-order valence-corrected chi connectivity index (χ2v) is 7.92. The van der Waals surface area contributed by atoms with Gasteiger partial charge in [0.15, 0.2) is 0 Å². The van der Waals surface area contributed by atoms with Gasteiger partial charge in [-0.25, -0.2) is 0 Å². The van der Waals surface area contributed by atoms with Gasteiger partial charge < -0.3 is 15.5 Å². The lowest BCUT2D eigenvalue weighted by Gasteiger charge is -2.36. The number of benzene rings is 4. The molecule has 1 spiro atoms. The molecule has 0 fully saturated rings. The fraction of sp³-hybridized carbons (Fsp3) is 0.0769. The van der Waals surface area contributed by atoms with Crippen LogP contribution in [0.5, 0.6) is 0 Å². The first kappa shape index (κ1) is 17.7. The van der Waals surface area contributed by atoms with Gasteiger partial charge in [0.2, 0.25) is 5.66 Å². The lowest BCUT2D eigenvalue weighted by molar-refractivity contribution is -0.123. The first-order valence-corrected chi connectivity index (χ1v) is 10.3. The molecule has 2 amide bonds. The maximum atomic E-state index is 13.9. The molecule has 5 heteroatoms. The van der Waals surface area contributed by atoms with Crippen LogP contribution in [0.25, 0.3) is 10.8 Å². The largest absolute Gasteiger partial charge is 0.350 e. The Hall–Kier alpha value is -4.12. The highest BCUT2D eigenvalue weighted by Crippen LogP contribution is 2.44. The van der Waals surface area contributed by atoms with Gasteiger partial charge in [-0.1, -0.05) is 72.8 Å². The Bertz CT molecular complexity index is 1370. The number of carbonyl (C=O) groups is 2. The summed E-state index contributed by atoms with van der Waals surface area (Å²) in [7, 11) is 0.